The van der Waals surface area contributed by atoms with E-state index < -0.39 is 5.97 Å². The van der Waals surface area contributed by atoms with Crippen LogP contribution in [0.2, 0.25) is 10.0 Å². The number of carbonyl (C=O) groups is 1. The molecule has 0 bridgehead atoms. The summed E-state index contributed by atoms with van der Waals surface area (Å²) in [6, 6.07) is 12.0. The molecule has 1 N–H and O–H groups in total. The summed E-state index contributed by atoms with van der Waals surface area (Å²) in [4.78, 5) is 17.1. The second-order valence-electron chi connectivity index (χ2n) is 4.55. The molecule has 0 amide bonds. The van der Waals surface area contributed by atoms with Crippen LogP contribution in [0.25, 0.3) is 5.70 Å². The molecule has 0 aromatic heterocycles. The van der Waals surface area contributed by atoms with Crippen LogP contribution in [0, 0.1) is 0 Å². The average Bonchev–Trinajstić information content (AvgIpc) is 2.55. The highest BCUT2D eigenvalue weighted by Crippen LogP contribution is 2.28. The molecule has 1 heterocycles. The van der Waals surface area contributed by atoms with Gasteiger partial charge in [0.05, 0.1) is 21.3 Å². The van der Waals surface area contributed by atoms with Gasteiger partial charge in [-0.3, -0.25) is 0 Å². The first kappa shape index (κ1) is 14.8. The molecule has 22 heavy (non-hydrogen) atoms. The molecule has 2 aromatic carbocycles. The lowest BCUT2D eigenvalue weighted by Crippen LogP contribution is -2.21. The first-order chi connectivity index (χ1) is 10.6. The Kier molecular flexibility index (Phi) is 4.22. The quantitative estimate of drug-likeness (QED) is 0.858. The van der Waals surface area contributed by atoms with Gasteiger partial charge in [-0.15, -0.1) is 0 Å². The fourth-order valence-electron chi connectivity index (χ4n) is 2.02. The van der Waals surface area contributed by atoms with Crippen LogP contribution in [0.15, 0.2) is 48.5 Å². The highest BCUT2D eigenvalue weighted by Gasteiger charge is 2.15. The molecule has 6 heteroatoms. The second kappa shape index (κ2) is 6.30. The lowest BCUT2D eigenvalue weighted by molar-refractivity contribution is 0.0366. The third-order valence-corrected chi connectivity index (χ3v) is 3.85. The zero-order valence-electron chi connectivity index (χ0n) is 11.3. The van der Waals surface area contributed by atoms with E-state index in [4.69, 9.17) is 32.8 Å². The maximum absolute atomic E-state index is 12.0. The van der Waals surface area contributed by atoms with Gasteiger partial charge in [-0.25, -0.2) is 10.3 Å². The number of carbonyl (C=O) groups excluding carboxylic acids is 1. The summed E-state index contributed by atoms with van der Waals surface area (Å²) in [6.45, 7) is 0.406. The third kappa shape index (κ3) is 3.03. The number of hydrogen-bond donors (Lipinski definition) is 1. The fourth-order valence-corrected chi connectivity index (χ4v) is 2.32. The van der Waals surface area contributed by atoms with Crippen LogP contribution >= 0.6 is 23.2 Å². The molecule has 0 fully saturated rings. The maximum Gasteiger partial charge on any atom is 0.362 e. The maximum atomic E-state index is 12.0. The Morgan fingerprint density at radius 3 is 2.77 bits per heavy atom. The van der Waals surface area contributed by atoms with Crippen molar-refractivity contribution in [2.45, 2.75) is 0 Å². The molecule has 0 unspecified atom stereocenters. The van der Waals surface area contributed by atoms with Crippen LogP contribution in [0.5, 0.6) is 5.75 Å². The number of halogens is 2. The summed E-state index contributed by atoms with van der Waals surface area (Å²) >= 11 is 11.7. The number of hydrogen-bond acceptors (Lipinski definition) is 4. The van der Waals surface area contributed by atoms with Crippen LogP contribution in [-0.2, 0) is 4.84 Å². The van der Waals surface area contributed by atoms with Crippen molar-refractivity contribution >= 4 is 34.9 Å². The minimum atomic E-state index is -0.552. The Morgan fingerprint density at radius 2 is 1.95 bits per heavy atom. The molecule has 0 radical (unpaired) electrons. The van der Waals surface area contributed by atoms with Gasteiger partial charge in [-0.05, 0) is 36.4 Å². The second-order valence-corrected chi connectivity index (χ2v) is 5.36. The third-order valence-electron chi connectivity index (χ3n) is 3.11. The normalized spacial score (nSPS) is 12.7. The van der Waals surface area contributed by atoms with Crippen molar-refractivity contribution in [3.8, 4) is 5.75 Å². The molecule has 1 aliphatic rings. The van der Waals surface area contributed by atoms with Gasteiger partial charge in [-0.1, -0.05) is 35.3 Å². The fraction of sp³-hybridized carbons (Fsp3) is 0.0625. The van der Waals surface area contributed by atoms with Crippen molar-refractivity contribution in [2.75, 3.05) is 6.61 Å². The van der Waals surface area contributed by atoms with E-state index in [0.29, 0.717) is 27.9 Å². The molecule has 112 valence electrons. The Hall–Kier alpha value is -2.17. The minimum absolute atomic E-state index is 0.298. The van der Waals surface area contributed by atoms with Crippen LogP contribution in [0.4, 0.5) is 0 Å². The first-order valence-corrected chi connectivity index (χ1v) is 7.25. The number of rotatable bonds is 3. The largest absolute Gasteiger partial charge is 0.489 e. The summed E-state index contributed by atoms with van der Waals surface area (Å²) in [5.41, 5.74) is 4.48. The molecule has 2 aromatic rings. The Labute approximate surface area is 137 Å². The Morgan fingerprint density at radius 1 is 1.14 bits per heavy atom. The summed E-state index contributed by atoms with van der Waals surface area (Å²) in [5.74, 6) is 0.182. The van der Waals surface area contributed by atoms with Crippen molar-refractivity contribution in [3.63, 3.8) is 0 Å². The number of benzene rings is 2. The van der Waals surface area contributed by atoms with E-state index in [9.17, 15) is 4.79 Å². The zero-order chi connectivity index (χ0) is 15.5. The molecule has 0 aliphatic carbocycles. The van der Waals surface area contributed by atoms with Gasteiger partial charge in [0.2, 0.25) is 0 Å². The van der Waals surface area contributed by atoms with E-state index in [1.54, 1.807) is 18.2 Å². The monoisotopic (exact) mass is 335 g/mol. The van der Waals surface area contributed by atoms with Crippen LogP contribution < -0.4 is 10.2 Å². The summed E-state index contributed by atoms with van der Waals surface area (Å²) in [7, 11) is 0. The van der Waals surface area contributed by atoms with Gasteiger partial charge in [-0.2, -0.15) is 0 Å². The van der Waals surface area contributed by atoms with Gasteiger partial charge in [0.15, 0.2) is 0 Å². The molecular formula is C16H11Cl2NO3. The molecule has 1 aliphatic heterocycles. The SMILES string of the molecule is O=C(ONC1=CCOc2ccccc21)c1ccc(Cl)c(Cl)c1. The number of fused-ring (bicyclic) bond motifs is 1. The van der Waals surface area contributed by atoms with E-state index in [-0.39, 0.29) is 0 Å². The molecule has 0 atom stereocenters. The van der Waals surface area contributed by atoms with E-state index in [2.05, 4.69) is 5.48 Å². The summed E-state index contributed by atoms with van der Waals surface area (Å²) in [5, 5.41) is 0.680. The van der Waals surface area contributed by atoms with Crippen LogP contribution in [0.3, 0.4) is 0 Å². The number of para-hydroxylation sites is 1. The predicted molar refractivity (Wildman–Crippen MR) is 84.9 cm³/mol. The molecular weight excluding hydrogens is 325 g/mol. The van der Waals surface area contributed by atoms with E-state index >= 15 is 0 Å². The van der Waals surface area contributed by atoms with Gasteiger partial charge >= 0.3 is 5.97 Å². The molecule has 3 rings (SSSR count). The highest BCUT2D eigenvalue weighted by molar-refractivity contribution is 6.42. The van der Waals surface area contributed by atoms with Gasteiger partial charge in [0, 0.05) is 5.56 Å². The summed E-state index contributed by atoms with van der Waals surface area (Å²) < 4.78 is 5.49. The summed E-state index contributed by atoms with van der Waals surface area (Å²) in [6.07, 6.45) is 1.80. The topological polar surface area (TPSA) is 47.6 Å². The van der Waals surface area contributed by atoms with E-state index in [1.165, 1.54) is 6.07 Å². The Balaban J connectivity index is 1.71. The average molecular weight is 336 g/mol. The van der Waals surface area contributed by atoms with Crippen molar-refractivity contribution in [1.82, 2.24) is 5.48 Å². The first-order valence-electron chi connectivity index (χ1n) is 6.50. The number of ether oxygens (including phenoxy) is 1. The highest BCUT2D eigenvalue weighted by atomic mass is 35.5. The van der Waals surface area contributed by atoms with Crippen LogP contribution in [-0.4, -0.2) is 12.6 Å². The zero-order valence-corrected chi connectivity index (χ0v) is 12.8. The molecule has 0 spiro atoms. The van der Waals surface area contributed by atoms with Gasteiger partial charge < -0.3 is 9.57 Å². The minimum Gasteiger partial charge on any atom is -0.489 e. The number of nitrogens with one attached hydrogen (secondary N) is 1. The lowest BCUT2D eigenvalue weighted by atomic mass is 10.1. The van der Waals surface area contributed by atoms with Gasteiger partial charge in [0.25, 0.3) is 0 Å². The van der Waals surface area contributed by atoms with Crippen molar-refractivity contribution in [1.29, 1.82) is 0 Å². The lowest BCUT2D eigenvalue weighted by Gasteiger charge is -2.19. The predicted octanol–water partition coefficient (Wildman–Crippen LogP) is 4.09. The van der Waals surface area contributed by atoms with E-state index in [1.807, 2.05) is 24.3 Å². The number of hydroxylamine groups is 1. The molecule has 4 nitrogen and oxygen atoms in total. The van der Waals surface area contributed by atoms with Gasteiger partial charge in [0.1, 0.15) is 12.4 Å². The van der Waals surface area contributed by atoms with E-state index in [0.717, 1.165) is 11.3 Å². The van der Waals surface area contributed by atoms with Crippen molar-refractivity contribution in [2.24, 2.45) is 0 Å². The standard InChI is InChI=1S/C16H11Cl2NO3/c17-12-6-5-10(9-13(12)18)16(20)22-19-14-7-8-21-15-4-2-1-3-11(14)15/h1-7,9,19H,8H2. The van der Waals surface area contributed by atoms with Crippen LogP contribution in [0.1, 0.15) is 15.9 Å². The molecule has 0 saturated heterocycles. The smallest absolute Gasteiger partial charge is 0.362 e. The molecule has 0 saturated carbocycles. The Bertz CT molecular complexity index is 759. The van der Waals surface area contributed by atoms with Crippen molar-refractivity contribution in [3.05, 3.63) is 69.7 Å². The van der Waals surface area contributed by atoms with Crippen molar-refractivity contribution < 1.29 is 14.4 Å².